The van der Waals surface area contributed by atoms with Gasteiger partial charge in [-0.25, -0.2) is 0 Å². The van der Waals surface area contributed by atoms with Crippen LogP contribution in [0.15, 0.2) is 54.7 Å². The molecule has 0 saturated carbocycles. The predicted molar refractivity (Wildman–Crippen MR) is 99.7 cm³/mol. The molecule has 1 fully saturated rings. The Morgan fingerprint density at radius 3 is 2.78 bits per heavy atom. The number of pyridine rings is 1. The molecule has 7 heteroatoms. The fourth-order valence-corrected chi connectivity index (χ4v) is 3.41. The molecule has 1 atom stereocenters. The average Bonchev–Trinajstić information content (AvgIpc) is 3.27. The van der Waals surface area contributed by atoms with Crippen LogP contribution in [0.2, 0.25) is 0 Å². The van der Waals surface area contributed by atoms with Crippen LogP contribution in [0, 0.1) is 5.92 Å². The van der Waals surface area contributed by atoms with Crippen LogP contribution in [0.25, 0.3) is 5.65 Å². The molecule has 0 radical (unpaired) electrons. The van der Waals surface area contributed by atoms with Crippen LogP contribution in [0.3, 0.4) is 0 Å². The predicted octanol–water partition coefficient (Wildman–Crippen LogP) is 1.44. The summed E-state index contributed by atoms with van der Waals surface area (Å²) in [4.78, 5) is 26.4. The SMILES string of the molecule is O=C(NCCc1nnc2ccccn12)C1CC(=O)N(Cc2ccccc2)C1. The molecule has 0 aliphatic carbocycles. The van der Waals surface area contributed by atoms with Gasteiger partial charge in [-0.2, -0.15) is 0 Å². The molecule has 1 saturated heterocycles. The summed E-state index contributed by atoms with van der Waals surface area (Å²) < 4.78 is 1.91. The van der Waals surface area contributed by atoms with Crippen LogP contribution in [-0.4, -0.2) is 44.4 Å². The number of rotatable bonds is 6. The van der Waals surface area contributed by atoms with E-state index < -0.39 is 0 Å². The van der Waals surface area contributed by atoms with Crippen molar-refractivity contribution in [3.8, 4) is 0 Å². The summed E-state index contributed by atoms with van der Waals surface area (Å²) in [5.41, 5.74) is 1.86. The van der Waals surface area contributed by atoms with Gasteiger partial charge in [-0.15, -0.1) is 10.2 Å². The number of likely N-dealkylation sites (tertiary alicyclic amines) is 1. The smallest absolute Gasteiger partial charge is 0.225 e. The summed E-state index contributed by atoms with van der Waals surface area (Å²) in [7, 11) is 0. The third-order valence-electron chi connectivity index (χ3n) is 4.83. The first kappa shape index (κ1) is 17.2. The zero-order valence-corrected chi connectivity index (χ0v) is 14.9. The van der Waals surface area contributed by atoms with E-state index in [0.29, 0.717) is 26.1 Å². The highest BCUT2D eigenvalue weighted by Crippen LogP contribution is 2.20. The lowest BCUT2D eigenvalue weighted by Crippen LogP contribution is -2.34. The first-order chi connectivity index (χ1) is 13.2. The number of carbonyl (C=O) groups excluding carboxylic acids is 2. The third kappa shape index (κ3) is 3.81. The molecule has 0 spiro atoms. The van der Waals surface area contributed by atoms with Gasteiger partial charge in [0.1, 0.15) is 5.82 Å². The molecule has 7 nitrogen and oxygen atoms in total. The molecular formula is C20H21N5O2. The van der Waals surface area contributed by atoms with Crippen molar-refractivity contribution in [1.82, 2.24) is 24.8 Å². The van der Waals surface area contributed by atoms with E-state index in [1.165, 1.54) is 0 Å². The minimum atomic E-state index is -0.295. The highest BCUT2D eigenvalue weighted by Gasteiger charge is 2.34. The van der Waals surface area contributed by atoms with E-state index in [0.717, 1.165) is 17.0 Å². The second-order valence-electron chi connectivity index (χ2n) is 6.75. The number of nitrogens with zero attached hydrogens (tertiary/aromatic N) is 4. The van der Waals surface area contributed by atoms with Gasteiger partial charge in [0, 0.05) is 38.7 Å². The Hall–Kier alpha value is -3.22. The maximum atomic E-state index is 12.4. The van der Waals surface area contributed by atoms with Gasteiger partial charge >= 0.3 is 0 Å². The maximum Gasteiger partial charge on any atom is 0.225 e. The molecule has 1 aromatic carbocycles. The van der Waals surface area contributed by atoms with Crippen LogP contribution in [0.1, 0.15) is 17.8 Å². The molecular weight excluding hydrogens is 342 g/mol. The van der Waals surface area contributed by atoms with Crippen LogP contribution >= 0.6 is 0 Å². The number of nitrogens with one attached hydrogen (secondary N) is 1. The molecule has 138 valence electrons. The first-order valence-electron chi connectivity index (χ1n) is 9.09. The highest BCUT2D eigenvalue weighted by atomic mass is 16.2. The molecule has 3 heterocycles. The number of amides is 2. The maximum absolute atomic E-state index is 12.4. The Morgan fingerprint density at radius 2 is 1.93 bits per heavy atom. The molecule has 1 aliphatic rings. The second kappa shape index (κ2) is 7.57. The van der Waals surface area contributed by atoms with Crippen molar-refractivity contribution >= 4 is 17.5 Å². The Morgan fingerprint density at radius 1 is 1.11 bits per heavy atom. The van der Waals surface area contributed by atoms with Crippen molar-refractivity contribution in [2.45, 2.75) is 19.4 Å². The van der Waals surface area contributed by atoms with Crippen molar-refractivity contribution < 1.29 is 9.59 Å². The molecule has 0 bridgehead atoms. The standard InChI is InChI=1S/C20H21N5O2/c26-19-12-16(14-24(19)13-15-6-2-1-3-7-15)20(27)21-10-9-18-23-22-17-8-4-5-11-25(17)18/h1-8,11,16H,9-10,12-14H2,(H,21,27). The van der Waals surface area contributed by atoms with Gasteiger partial charge in [-0.05, 0) is 17.7 Å². The van der Waals surface area contributed by atoms with Crippen LogP contribution in [-0.2, 0) is 22.6 Å². The molecule has 1 unspecified atom stereocenters. The topological polar surface area (TPSA) is 79.6 Å². The van der Waals surface area contributed by atoms with E-state index >= 15 is 0 Å². The number of hydrogen-bond donors (Lipinski definition) is 1. The number of hydrogen-bond acceptors (Lipinski definition) is 4. The lowest BCUT2D eigenvalue weighted by atomic mass is 10.1. The summed E-state index contributed by atoms with van der Waals surface area (Å²) in [6, 6.07) is 15.6. The lowest BCUT2D eigenvalue weighted by Gasteiger charge is -2.16. The van der Waals surface area contributed by atoms with Crippen molar-refractivity contribution in [1.29, 1.82) is 0 Å². The van der Waals surface area contributed by atoms with Gasteiger partial charge in [0.2, 0.25) is 11.8 Å². The van der Waals surface area contributed by atoms with E-state index in [-0.39, 0.29) is 24.2 Å². The summed E-state index contributed by atoms with van der Waals surface area (Å²) >= 11 is 0. The quantitative estimate of drug-likeness (QED) is 0.719. The molecule has 2 aromatic heterocycles. The summed E-state index contributed by atoms with van der Waals surface area (Å²) in [6.07, 6.45) is 2.77. The van der Waals surface area contributed by atoms with Gasteiger partial charge in [0.15, 0.2) is 5.65 Å². The lowest BCUT2D eigenvalue weighted by molar-refractivity contribution is -0.129. The summed E-state index contributed by atoms with van der Waals surface area (Å²) in [5.74, 6) is 0.464. The van der Waals surface area contributed by atoms with E-state index in [1.807, 2.05) is 59.1 Å². The van der Waals surface area contributed by atoms with Crippen LogP contribution in [0.4, 0.5) is 0 Å². The molecule has 27 heavy (non-hydrogen) atoms. The highest BCUT2D eigenvalue weighted by molar-refractivity contribution is 5.89. The monoisotopic (exact) mass is 363 g/mol. The minimum absolute atomic E-state index is 0.0300. The Labute approximate surface area is 157 Å². The first-order valence-corrected chi connectivity index (χ1v) is 9.09. The van der Waals surface area contributed by atoms with Gasteiger partial charge < -0.3 is 10.2 Å². The van der Waals surface area contributed by atoms with E-state index in [2.05, 4.69) is 15.5 Å². The number of fused-ring (bicyclic) bond motifs is 1. The Balaban J connectivity index is 1.29. The zero-order valence-electron chi connectivity index (χ0n) is 14.9. The fraction of sp³-hybridized carbons (Fsp3) is 0.300. The van der Waals surface area contributed by atoms with Crippen molar-refractivity contribution in [2.75, 3.05) is 13.1 Å². The van der Waals surface area contributed by atoms with Crippen molar-refractivity contribution in [3.05, 3.63) is 66.1 Å². The van der Waals surface area contributed by atoms with Crippen LogP contribution in [0.5, 0.6) is 0 Å². The minimum Gasteiger partial charge on any atom is -0.355 e. The number of carbonyl (C=O) groups is 2. The molecule has 3 aromatic rings. The van der Waals surface area contributed by atoms with E-state index in [9.17, 15) is 9.59 Å². The van der Waals surface area contributed by atoms with Crippen molar-refractivity contribution in [3.63, 3.8) is 0 Å². The molecule has 2 amide bonds. The number of benzene rings is 1. The normalized spacial score (nSPS) is 16.8. The summed E-state index contributed by atoms with van der Waals surface area (Å²) in [5, 5.41) is 11.2. The molecule has 4 rings (SSSR count). The van der Waals surface area contributed by atoms with E-state index in [4.69, 9.17) is 0 Å². The van der Waals surface area contributed by atoms with Gasteiger partial charge in [0.25, 0.3) is 0 Å². The van der Waals surface area contributed by atoms with Crippen LogP contribution < -0.4 is 5.32 Å². The largest absolute Gasteiger partial charge is 0.355 e. The fourth-order valence-electron chi connectivity index (χ4n) is 3.41. The Bertz CT molecular complexity index is 953. The molecule has 1 N–H and O–H groups in total. The number of aromatic nitrogens is 3. The van der Waals surface area contributed by atoms with Gasteiger partial charge in [-0.1, -0.05) is 36.4 Å². The summed E-state index contributed by atoms with van der Waals surface area (Å²) in [6.45, 7) is 1.49. The average molecular weight is 363 g/mol. The molecule has 1 aliphatic heterocycles. The zero-order chi connectivity index (χ0) is 18.6. The van der Waals surface area contributed by atoms with Crippen molar-refractivity contribution in [2.24, 2.45) is 5.92 Å². The van der Waals surface area contributed by atoms with E-state index in [1.54, 1.807) is 4.90 Å². The third-order valence-corrected chi connectivity index (χ3v) is 4.83. The second-order valence-corrected chi connectivity index (χ2v) is 6.75. The van der Waals surface area contributed by atoms with Gasteiger partial charge in [-0.3, -0.25) is 14.0 Å². The van der Waals surface area contributed by atoms with Gasteiger partial charge in [0.05, 0.1) is 5.92 Å². The Kier molecular flexibility index (Phi) is 4.82.